The predicted octanol–water partition coefficient (Wildman–Crippen LogP) is 1.70. The van der Waals surface area contributed by atoms with Gasteiger partial charge in [-0.05, 0) is 24.6 Å². The van der Waals surface area contributed by atoms with Crippen molar-refractivity contribution in [2.24, 2.45) is 5.73 Å². The van der Waals surface area contributed by atoms with Crippen LogP contribution in [-0.2, 0) is 6.54 Å². The van der Waals surface area contributed by atoms with E-state index in [1.807, 2.05) is 19.1 Å². The summed E-state index contributed by atoms with van der Waals surface area (Å²) in [6, 6.07) is 7.04. The van der Waals surface area contributed by atoms with Crippen LogP contribution in [0.15, 0.2) is 24.3 Å². The van der Waals surface area contributed by atoms with Crippen molar-refractivity contribution in [3.63, 3.8) is 0 Å². The molecule has 0 atom stereocenters. The standard InChI is InChI=1S/C12H12N2O2/c1-7-2-3-9-10(12(15)16)5-8(6-13)14-11(9)4-7/h2-5H,6,13H2,1H3,(H,15,16). The summed E-state index contributed by atoms with van der Waals surface area (Å²) in [5, 5.41) is 9.75. The number of nitrogens with two attached hydrogens (primary N) is 1. The largest absolute Gasteiger partial charge is 0.478 e. The van der Waals surface area contributed by atoms with Crippen molar-refractivity contribution < 1.29 is 9.90 Å². The zero-order chi connectivity index (χ0) is 11.7. The van der Waals surface area contributed by atoms with Crippen LogP contribution >= 0.6 is 0 Å². The molecule has 0 saturated carbocycles. The Morgan fingerprint density at radius 3 is 2.81 bits per heavy atom. The highest BCUT2D eigenvalue weighted by molar-refractivity contribution is 6.02. The Hall–Kier alpha value is -1.94. The fraction of sp³-hybridized carbons (Fsp3) is 0.167. The first-order chi connectivity index (χ1) is 7.61. The van der Waals surface area contributed by atoms with E-state index in [0.717, 1.165) is 5.56 Å². The molecule has 0 spiro atoms. The predicted molar refractivity (Wildman–Crippen MR) is 61.3 cm³/mol. The summed E-state index contributed by atoms with van der Waals surface area (Å²) in [6.45, 7) is 2.18. The van der Waals surface area contributed by atoms with Crippen LogP contribution in [0.4, 0.5) is 0 Å². The molecule has 2 aromatic rings. The van der Waals surface area contributed by atoms with Gasteiger partial charge in [0.15, 0.2) is 0 Å². The number of pyridine rings is 1. The molecule has 1 heterocycles. The molecule has 4 heteroatoms. The molecule has 0 amide bonds. The van der Waals surface area contributed by atoms with E-state index in [1.54, 1.807) is 6.07 Å². The first-order valence-corrected chi connectivity index (χ1v) is 4.95. The number of fused-ring (bicyclic) bond motifs is 1. The minimum absolute atomic E-state index is 0.240. The summed E-state index contributed by atoms with van der Waals surface area (Å²) in [5.74, 6) is -0.953. The third-order valence-electron chi connectivity index (χ3n) is 2.46. The highest BCUT2D eigenvalue weighted by Crippen LogP contribution is 2.19. The van der Waals surface area contributed by atoms with Gasteiger partial charge in [0.1, 0.15) is 0 Å². The highest BCUT2D eigenvalue weighted by atomic mass is 16.4. The maximum atomic E-state index is 11.1. The van der Waals surface area contributed by atoms with Crippen LogP contribution in [0.3, 0.4) is 0 Å². The quantitative estimate of drug-likeness (QED) is 0.801. The summed E-state index contributed by atoms with van der Waals surface area (Å²) in [6.07, 6.45) is 0. The summed E-state index contributed by atoms with van der Waals surface area (Å²) >= 11 is 0. The lowest BCUT2D eigenvalue weighted by Crippen LogP contribution is -2.05. The number of benzene rings is 1. The first-order valence-electron chi connectivity index (χ1n) is 4.95. The number of nitrogens with zero attached hydrogens (tertiary/aromatic N) is 1. The maximum Gasteiger partial charge on any atom is 0.336 e. The molecule has 4 nitrogen and oxygen atoms in total. The molecule has 16 heavy (non-hydrogen) atoms. The van der Waals surface area contributed by atoms with Crippen molar-refractivity contribution in [1.29, 1.82) is 0 Å². The van der Waals surface area contributed by atoms with E-state index in [-0.39, 0.29) is 12.1 Å². The number of aromatic nitrogens is 1. The van der Waals surface area contributed by atoms with Crippen LogP contribution in [0, 0.1) is 6.92 Å². The Kier molecular flexibility index (Phi) is 2.58. The van der Waals surface area contributed by atoms with Gasteiger partial charge in [-0.2, -0.15) is 0 Å². The van der Waals surface area contributed by atoms with Crippen LogP contribution in [0.1, 0.15) is 21.6 Å². The van der Waals surface area contributed by atoms with Crippen LogP contribution in [0.2, 0.25) is 0 Å². The molecule has 0 saturated heterocycles. The molecule has 0 aliphatic heterocycles. The summed E-state index contributed by atoms with van der Waals surface area (Å²) in [7, 11) is 0. The van der Waals surface area contributed by atoms with E-state index in [9.17, 15) is 4.79 Å². The Morgan fingerprint density at radius 2 is 2.19 bits per heavy atom. The third-order valence-corrected chi connectivity index (χ3v) is 2.46. The Morgan fingerprint density at radius 1 is 1.44 bits per heavy atom. The second-order valence-corrected chi connectivity index (χ2v) is 3.69. The smallest absolute Gasteiger partial charge is 0.336 e. The van der Waals surface area contributed by atoms with E-state index in [1.165, 1.54) is 6.07 Å². The number of carboxylic acid groups (broad SMARTS) is 1. The zero-order valence-corrected chi connectivity index (χ0v) is 8.90. The SMILES string of the molecule is Cc1ccc2c(C(=O)O)cc(CN)nc2c1. The lowest BCUT2D eigenvalue weighted by Gasteiger charge is -2.05. The normalized spacial score (nSPS) is 10.6. The van der Waals surface area contributed by atoms with Crippen LogP contribution in [0.25, 0.3) is 10.9 Å². The van der Waals surface area contributed by atoms with Crippen molar-refractivity contribution >= 4 is 16.9 Å². The molecule has 1 aromatic heterocycles. The van der Waals surface area contributed by atoms with Crippen molar-refractivity contribution in [2.45, 2.75) is 13.5 Å². The lowest BCUT2D eigenvalue weighted by molar-refractivity contribution is 0.0699. The molecule has 0 bridgehead atoms. The van der Waals surface area contributed by atoms with E-state index in [0.29, 0.717) is 16.6 Å². The second-order valence-electron chi connectivity index (χ2n) is 3.69. The topological polar surface area (TPSA) is 76.2 Å². The lowest BCUT2D eigenvalue weighted by atomic mass is 10.1. The molecule has 0 aliphatic carbocycles. The number of aryl methyl sites for hydroxylation is 1. The van der Waals surface area contributed by atoms with Gasteiger partial charge in [0.05, 0.1) is 16.8 Å². The average molecular weight is 216 g/mol. The molecule has 1 aromatic carbocycles. The fourth-order valence-corrected chi connectivity index (χ4v) is 1.67. The van der Waals surface area contributed by atoms with Crippen molar-refractivity contribution in [3.05, 3.63) is 41.1 Å². The number of hydrogen-bond donors (Lipinski definition) is 2. The number of rotatable bonds is 2. The highest BCUT2D eigenvalue weighted by Gasteiger charge is 2.11. The van der Waals surface area contributed by atoms with Gasteiger partial charge in [0.2, 0.25) is 0 Å². The van der Waals surface area contributed by atoms with Crippen LogP contribution < -0.4 is 5.73 Å². The summed E-state index contributed by atoms with van der Waals surface area (Å²) in [4.78, 5) is 15.4. The van der Waals surface area contributed by atoms with Crippen molar-refractivity contribution in [1.82, 2.24) is 4.98 Å². The van der Waals surface area contributed by atoms with Gasteiger partial charge in [-0.1, -0.05) is 12.1 Å². The van der Waals surface area contributed by atoms with Crippen LogP contribution in [-0.4, -0.2) is 16.1 Å². The van der Waals surface area contributed by atoms with Gasteiger partial charge >= 0.3 is 5.97 Å². The molecule has 0 radical (unpaired) electrons. The van der Waals surface area contributed by atoms with Gasteiger partial charge < -0.3 is 10.8 Å². The zero-order valence-electron chi connectivity index (χ0n) is 8.90. The molecule has 0 aliphatic rings. The Labute approximate surface area is 92.7 Å². The monoisotopic (exact) mass is 216 g/mol. The Balaban J connectivity index is 2.81. The van der Waals surface area contributed by atoms with E-state index in [2.05, 4.69) is 4.98 Å². The van der Waals surface area contributed by atoms with Gasteiger partial charge in [-0.3, -0.25) is 4.98 Å². The van der Waals surface area contributed by atoms with Gasteiger partial charge in [-0.15, -0.1) is 0 Å². The van der Waals surface area contributed by atoms with Gasteiger partial charge in [0.25, 0.3) is 0 Å². The first kappa shape index (κ1) is 10.6. The van der Waals surface area contributed by atoms with E-state index < -0.39 is 5.97 Å². The molecular formula is C12H12N2O2. The molecule has 3 N–H and O–H groups in total. The van der Waals surface area contributed by atoms with Gasteiger partial charge in [0, 0.05) is 11.9 Å². The number of carboxylic acids is 1. The fourth-order valence-electron chi connectivity index (χ4n) is 1.67. The van der Waals surface area contributed by atoms with Crippen molar-refractivity contribution in [3.8, 4) is 0 Å². The van der Waals surface area contributed by atoms with Crippen LogP contribution in [0.5, 0.6) is 0 Å². The van der Waals surface area contributed by atoms with Crippen molar-refractivity contribution in [2.75, 3.05) is 0 Å². The summed E-state index contributed by atoms with van der Waals surface area (Å²) in [5.41, 5.74) is 8.07. The number of hydrogen-bond acceptors (Lipinski definition) is 3. The van der Waals surface area contributed by atoms with E-state index in [4.69, 9.17) is 10.8 Å². The molecule has 82 valence electrons. The molecule has 2 rings (SSSR count). The average Bonchev–Trinajstić information content (AvgIpc) is 2.26. The van der Waals surface area contributed by atoms with E-state index >= 15 is 0 Å². The number of aromatic carboxylic acids is 1. The summed E-state index contributed by atoms with van der Waals surface area (Å²) < 4.78 is 0. The third kappa shape index (κ3) is 1.75. The van der Waals surface area contributed by atoms with Gasteiger partial charge in [-0.25, -0.2) is 4.79 Å². The molecular weight excluding hydrogens is 204 g/mol. The minimum Gasteiger partial charge on any atom is -0.478 e. The minimum atomic E-state index is -0.953. The second kappa shape index (κ2) is 3.90. The maximum absolute atomic E-state index is 11.1. The number of carbonyl (C=O) groups is 1. The molecule has 0 unspecified atom stereocenters. The Bertz CT molecular complexity index is 564. The molecule has 0 fully saturated rings.